The summed E-state index contributed by atoms with van der Waals surface area (Å²) in [4.78, 5) is 33.3. The molecule has 10 heteroatoms. The third-order valence-corrected chi connectivity index (χ3v) is 7.86. The molecule has 0 aliphatic carbocycles. The van der Waals surface area contributed by atoms with Gasteiger partial charge in [-0.1, -0.05) is 60.8 Å². The van der Waals surface area contributed by atoms with Crippen molar-refractivity contribution in [3.63, 3.8) is 0 Å². The number of carbonyl (C=O) groups excluding carboxylic acids is 1. The summed E-state index contributed by atoms with van der Waals surface area (Å²) >= 11 is 12.1. The first-order chi connectivity index (χ1) is 19.5. The lowest BCUT2D eigenvalue weighted by Crippen LogP contribution is -2.34. The van der Waals surface area contributed by atoms with Crippen molar-refractivity contribution in [3.8, 4) is 5.69 Å². The third kappa shape index (κ3) is 7.18. The van der Waals surface area contributed by atoms with Gasteiger partial charge in [0, 0.05) is 43.7 Å². The standard InChI is InChI=1S/C29H32Cl2FN5O2.C2H6/c1-17(16-36-13-10-20(11-14-36)19-5-7-21(8-6-19)28(38)35(3)4)15-22-18(2)34-12-9-23(22)37-27(32)24(30)26(33)25(31)29(37)39;1-2/h5-9,12,15,20H,10-11,13-14,16,33H2,1-4H3;1-2H3/b17-15+;. The van der Waals surface area contributed by atoms with E-state index in [0.29, 0.717) is 28.4 Å². The maximum Gasteiger partial charge on any atom is 0.278 e. The zero-order valence-electron chi connectivity index (χ0n) is 24.5. The predicted octanol–water partition coefficient (Wildman–Crippen LogP) is 6.58. The Balaban J connectivity index is 0.00000226. The third-order valence-electron chi connectivity index (χ3n) is 7.14. The van der Waals surface area contributed by atoms with Gasteiger partial charge in [0.15, 0.2) is 0 Å². The Bertz CT molecular complexity index is 1480. The Kier molecular flexibility index (Phi) is 11.1. The fourth-order valence-corrected chi connectivity index (χ4v) is 5.39. The minimum absolute atomic E-state index is 0.000783. The number of anilines is 1. The Morgan fingerprint density at radius 2 is 1.73 bits per heavy atom. The number of hydrogen-bond donors (Lipinski definition) is 1. The van der Waals surface area contributed by atoms with E-state index in [1.165, 1.54) is 11.8 Å². The molecule has 1 amide bonds. The Morgan fingerprint density at radius 1 is 1.12 bits per heavy atom. The zero-order chi connectivity index (χ0) is 30.4. The van der Waals surface area contributed by atoms with Gasteiger partial charge < -0.3 is 10.6 Å². The van der Waals surface area contributed by atoms with Crippen LogP contribution in [0.5, 0.6) is 0 Å². The molecule has 0 unspecified atom stereocenters. The van der Waals surface area contributed by atoms with Crippen molar-refractivity contribution in [1.29, 1.82) is 0 Å². The van der Waals surface area contributed by atoms with E-state index in [1.807, 2.05) is 39.0 Å². The molecule has 1 fully saturated rings. The molecule has 7 nitrogen and oxygen atoms in total. The Labute approximate surface area is 251 Å². The number of benzene rings is 1. The van der Waals surface area contributed by atoms with Crippen LogP contribution in [0.1, 0.15) is 66.7 Å². The highest BCUT2D eigenvalue weighted by atomic mass is 35.5. The lowest BCUT2D eigenvalue weighted by Gasteiger charge is -2.32. The molecule has 1 saturated heterocycles. The minimum atomic E-state index is -0.970. The summed E-state index contributed by atoms with van der Waals surface area (Å²) in [5.74, 6) is -0.528. The highest BCUT2D eigenvalue weighted by Crippen LogP contribution is 2.31. The number of hydrogen-bond acceptors (Lipinski definition) is 5. The van der Waals surface area contributed by atoms with E-state index < -0.39 is 16.5 Å². The van der Waals surface area contributed by atoms with Crippen molar-refractivity contribution in [2.45, 2.75) is 46.5 Å². The van der Waals surface area contributed by atoms with Crippen LogP contribution in [0.3, 0.4) is 0 Å². The average molecular weight is 603 g/mol. The van der Waals surface area contributed by atoms with Crippen molar-refractivity contribution < 1.29 is 9.18 Å². The summed E-state index contributed by atoms with van der Waals surface area (Å²) in [5, 5.41) is -0.730. The van der Waals surface area contributed by atoms with Crippen molar-refractivity contribution >= 4 is 40.9 Å². The number of carbonyl (C=O) groups is 1. The normalized spacial score (nSPS) is 14.4. The van der Waals surface area contributed by atoms with Crippen LogP contribution in [-0.4, -0.2) is 59.0 Å². The monoisotopic (exact) mass is 601 g/mol. The molecule has 4 rings (SSSR count). The van der Waals surface area contributed by atoms with Crippen molar-refractivity contribution in [2.75, 3.05) is 39.5 Å². The maximum atomic E-state index is 15.1. The number of piperidine rings is 1. The van der Waals surface area contributed by atoms with Crippen LogP contribution in [0.4, 0.5) is 10.1 Å². The molecule has 3 heterocycles. The summed E-state index contributed by atoms with van der Waals surface area (Å²) in [6, 6.07) is 9.49. The number of likely N-dealkylation sites (tertiary alicyclic amines) is 1. The van der Waals surface area contributed by atoms with Crippen molar-refractivity contribution in [3.05, 3.63) is 90.8 Å². The first-order valence-corrected chi connectivity index (χ1v) is 14.5. The van der Waals surface area contributed by atoms with E-state index in [4.69, 9.17) is 28.9 Å². The van der Waals surface area contributed by atoms with Crippen LogP contribution in [0, 0.1) is 12.9 Å². The summed E-state index contributed by atoms with van der Waals surface area (Å²) in [7, 11) is 3.50. The van der Waals surface area contributed by atoms with Crippen molar-refractivity contribution in [2.24, 2.45) is 0 Å². The lowest BCUT2D eigenvalue weighted by atomic mass is 9.88. The largest absolute Gasteiger partial charge is 0.396 e. The van der Waals surface area contributed by atoms with E-state index in [9.17, 15) is 9.59 Å². The second kappa shape index (κ2) is 14.1. The van der Waals surface area contributed by atoms with E-state index >= 15 is 4.39 Å². The van der Waals surface area contributed by atoms with E-state index in [1.54, 1.807) is 32.0 Å². The summed E-state index contributed by atoms with van der Waals surface area (Å²) < 4.78 is 16.0. The number of nitrogens with two attached hydrogens (primary N) is 1. The van der Waals surface area contributed by atoms with Crippen LogP contribution >= 0.6 is 23.2 Å². The molecule has 1 aliphatic heterocycles. The number of aryl methyl sites for hydroxylation is 1. The van der Waals surface area contributed by atoms with Crippen LogP contribution in [0.25, 0.3) is 11.8 Å². The molecule has 1 aliphatic rings. The van der Waals surface area contributed by atoms with Gasteiger partial charge in [-0.05, 0) is 69.5 Å². The second-order valence-electron chi connectivity index (χ2n) is 10.2. The van der Waals surface area contributed by atoms with Gasteiger partial charge in [-0.3, -0.25) is 19.5 Å². The molecule has 220 valence electrons. The lowest BCUT2D eigenvalue weighted by molar-refractivity contribution is 0.0827. The van der Waals surface area contributed by atoms with Gasteiger partial charge in [0.25, 0.3) is 11.5 Å². The summed E-state index contributed by atoms with van der Waals surface area (Å²) in [5.41, 5.74) is 9.16. The minimum Gasteiger partial charge on any atom is -0.396 e. The molecule has 3 aromatic rings. The molecule has 2 aromatic heterocycles. The number of nitrogen functional groups attached to an aromatic ring is 1. The van der Waals surface area contributed by atoms with E-state index in [-0.39, 0.29) is 16.6 Å². The van der Waals surface area contributed by atoms with Gasteiger partial charge in [-0.25, -0.2) is 4.57 Å². The fraction of sp³-hybridized carbons (Fsp3) is 0.387. The van der Waals surface area contributed by atoms with Crippen LogP contribution in [0.2, 0.25) is 10.0 Å². The van der Waals surface area contributed by atoms with Crippen LogP contribution < -0.4 is 11.3 Å². The van der Waals surface area contributed by atoms with Crippen LogP contribution in [0.15, 0.2) is 46.9 Å². The molecule has 0 saturated carbocycles. The smallest absolute Gasteiger partial charge is 0.278 e. The predicted molar refractivity (Wildman–Crippen MR) is 167 cm³/mol. The van der Waals surface area contributed by atoms with Gasteiger partial charge in [-0.15, -0.1) is 0 Å². The molecule has 0 bridgehead atoms. The summed E-state index contributed by atoms with van der Waals surface area (Å²) in [6.45, 7) is 10.4. The molecule has 0 spiro atoms. The van der Waals surface area contributed by atoms with Crippen LogP contribution in [-0.2, 0) is 0 Å². The number of nitrogens with zero attached hydrogens (tertiary/aromatic N) is 4. The van der Waals surface area contributed by atoms with Gasteiger partial charge in [0.05, 0.1) is 11.4 Å². The van der Waals surface area contributed by atoms with E-state index in [2.05, 4.69) is 22.0 Å². The molecule has 41 heavy (non-hydrogen) atoms. The van der Waals surface area contributed by atoms with Crippen molar-refractivity contribution in [1.82, 2.24) is 19.4 Å². The number of rotatable bonds is 6. The Hall–Kier alpha value is -3.20. The fourth-order valence-electron chi connectivity index (χ4n) is 4.99. The van der Waals surface area contributed by atoms with Gasteiger partial charge in [0.2, 0.25) is 5.95 Å². The molecule has 2 N–H and O–H groups in total. The second-order valence-corrected chi connectivity index (χ2v) is 10.9. The quantitative estimate of drug-likeness (QED) is 0.323. The number of halogens is 3. The molecule has 0 atom stereocenters. The number of aromatic nitrogens is 2. The first-order valence-electron chi connectivity index (χ1n) is 13.7. The average Bonchev–Trinajstić information content (AvgIpc) is 2.98. The molecule has 1 aromatic carbocycles. The Morgan fingerprint density at radius 3 is 2.32 bits per heavy atom. The number of amides is 1. The number of pyridine rings is 2. The van der Waals surface area contributed by atoms with Gasteiger partial charge in [-0.2, -0.15) is 4.39 Å². The van der Waals surface area contributed by atoms with E-state index in [0.717, 1.165) is 42.6 Å². The highest BCUT2D eigenvalue weighted by Gasteiger charge is 2.23. The zero-order valence-corrected chi connectivity index (χ0v) is 26.0. The highest BCUT2D eigenvalue weighted by molar-refractivity contribution is 6.38. The molecular weight excluding hydrogens is 564 g/mol. The van der Waals surface area contributed by atoms with Gasteiger partial charge >= 0.3 is 0 Å². The molecular formula is C31H38Cl2FN5O2. The topological polar surface area (TPSA) is 84.5 Å². The molecule has 0 radical (unpaired) electrons. The van der Waals surface area contributed by atoms with Gasteiger partial charge in [0.1, 0.15) is 10.0 Å². The summed E-state index contributed by atoms with van der Waals surface area (Å²) in [6.07, 6.45) is 5.45. The SMILES string of the molecule is C/C(=C\c1c(-n2c(F)c(Cl)c(N)c(Cl)c2=O)ccnc1C)CN1CCC(c2ccc(C(=O)N(C)C)cc2)CC1.CC. The maximum absolute atomic E-state index is 15.1. The first kappa shape index (κ1) is 32.3.